The van der Waals surface area contributed by atoms with Crippen molar-refractivity contribution in [2.45, 2.75) is 13.5 Å². The molecule has 1 aromatic carbocycles. The number of carbonyl (C=O) groups excluding carboxylic acids is 1. The SMILES string of the molecule is CCOC(=O)c1cc(OC(F)F)cc(C#N)c1Br. The Morgan fingerprint density at radius 3 is 2.72 bits per heavy atom. The van der Waals surface area contributed by atoms with Crippen molar-refractivity contribution in [1.29, 1.82) is 5.26 Å². The molecule has 0 spiro atoms. The molecule has 0 saturated heterocycles. The Balaban J connectivity index is 3.23. The molecular formula is C11H8BrF2NO3. The van der Waals surface area contributed by atoms with Crippen LogP contribution in [-0.4, -0.2) is 19.2 Å². The number of hydrogen-bond acceptors (Lipinski definition) is 4. The normalized spacial score (nSPS) is 10.0. The summed E-state index contributed by atoms with van der Waals surface area (Å²) in [6.45, 7) is -1.29. The smallest absolute Gasteiger partial charge is 0.387 e. The third-order valence-corrected chi connectivity index (χ3v) is 2.74. The minimum Gasteiger partial charge on any atom is -0.462 e. The number of ether oxygens (including phenoxy) is 2. The highest BCUT2D eigenvalue weighted by Crippen LogP contribution is 2.28. The summed E-state index contributed by atoms with van der Waals surface area (Å²) in [5.41, 5.74) is -0.0252. The Morgan fingerprint density at radius 2 is 2.22 bits per heavy atom. The molecule has 18 heavy (non-hydrogen) atoms. The van der Waals surface area contributed by atoms with Crippen molar-refractivity contribution in [3.8, 4) is 11.8 Å². The molecule has 0 saturated carbocycles. The van der Waals surface area contributed by atoms with Gasteiger partial charge in [0.05, 0.1) is 22.2 Å². The lowest BCUT2D eigenvalue weighted by molar-refractivity contribution is -0.0499. The molecule has 0 aliphatic heterocycles. The van der Waals surface area contributed by atoms with E-state index < -0.39 is 12.6 Å². The summed E-state index contributed by atoms with van der Waals surface area (Å²) in [6, 6.07) is 3.97. The predicted octanol–water partition coefficient (Wildman–Crippen LogP) is 3.10. The van der Waals surface area contributed by atoms with Crippen molar-refractivity contribution in [3.63, 3.8) is 0 Å². The standard InChI is InChI=1S/C11H8BrF2NO3/c1-2-17-10(16)8-4-7(18-11(13)14)3-6(5-15)9(8)12/h3-4,11H,2H2,1H3. The molecule has 0 aromatic heterocycles. The maximum absolute atomic E-state index is 12.1. The van der Waals surface area contributed by atoms with Crippen LogP contribution in [0.3, 0.4) is 0 Å². The number of nitriles is 1. The number of rotatable bonds is 4. The number of hydrogen-bond donors (Lipinski definition) is 0. The van der Waals surface area contributed by atoms with Gasteiger partial charge in [0.2, 0.25) is 0 Å². The van der Waals surface area contributed by atoms with Crippen LogP contribution >= 0.6 is 15.9 Å². The molecule has 0 aliphatic rings. The molecule has 1 rings (SSSR count). The monoisotopic (exact) mass is 319 g/mol. The first-order valence-corrected chi connectivity index (χ1v) is 5.64. The fourth-order valence-corrected chi connectivity index (χ4v) is 1.69. The minimum absolute atomic E-state index is 0.0104. The van der Waals surface area contributed by atoms with Gasteiger partial charge in [-0.25, -0.2) is 4.79 Å². The van der Waals surface area contributed by atoms with Gasteiger partial charge >= 0.3 is 12.6 Å². The Labute approximate surface area is 110 Å². The van der Waals surface area contributed by atoms with Gasteiger partial charge < -0.3 is 9.47 Å². The molecule has 0 heterocycles. The Morgan fingerprint density at radius 1 is 1.56 bits per heavy atom. The maximum Gasteiger partial charge on any atom is 0.387 e. The zero-order valence-corrected chi connectivity index (χ0v) is 10.8. The average Bonchev–Trinajstić information content (AvgIpc) is 2.30. The van der Waals surface area contributed by atoms with Gasteiger partial charge in [-0.1, -0.05) is 0 Å². The van der Waals surface area contributed by atoms with E-state index in [1.807, 2.05) is 0 Å². The minimum atomic E-state index is -3.03. The van der Waals surface area contributed by atoms with E-state index in [1.54, 1.807) is 13.0 Å². The lowest BCUT2D eigenvalue weighted by Crippen LogP contribution is -2.08. The molecule has 0 N–H and O–H groups in total. The maximum atomic E-state index is 12.1. The van der Waals surface area contributed by atoms with Crippen LogP contribution in [0.1, 0.15) is 22.8 Å². The van der Waals surface area contributed by atoms with Gasteiger partial charge in [0.15, 0.2) is 0 Å². The molecule has 0 radical (unpaired) electrons. The second-order valence-corrected chi connectivity index (χ2v) is 3.84. The summed E-state index contributed by atoms with van der Waals surface area (Å²) in [4.78, 5) is 11.6. The largest absolute Gasteiger partial charge is 0.462 e. The van der Waals surface area contributed by atoms with Gasteiger partial charge in [0.1, 0.15) is 11.8 Å². The fourth-order valence-electron chi connectivity index (χ4n) is 1.21. The third-order valence-electron chi connectivity index (χ3n) is 1.89. The van der Waals surface area contributed by atoms with E-state index in [-0.39, 0.29) is 28.0 Å². The van der Waals surface area contributed by atoms with Crippen LogP contribution in [0.15, 0.2) is 16.6 Å². The van der Waals surface area contributed by atoms with Crippen LogP contribution in [0.2, 0.25) is 0 Å². The molecule has 7 heteroatoms. The highest BCUT2D eigenvalue weighted by atomic mass is 79.9. The first kappa shape index (κ1) is 14.4. The van der Waals surface area contributed by atoms with Crippen molar-refractivity contribution in [2.75, 3.05) is 6.61 Å². The molecule has 0 unspecified atom stereocenters. The van der Waals surface area contributed by atoms with Crippen LogP contribution in [0.25, 0.3) is 0 Å². The predicted molar refractivity (Wildman–Crippen MR) is 61.4 cm³/mol. The Hall–Kier alpha value is -1.68. The lowest BCUT2D eigenvalue weighted by Gasteiger charge is -2.09. The van der Waals surface area contributed by atoms with Crippen molar-refractivity contribution in [1.82, 2.24) is 0 Å². The Kier molecular flexibility index (Phi) is 5.04. The highest BCUT2D eigenvalue weighted by molar-refractivity contribution is 9.10. The third kappa shape index (κ3) is 3.40. The molecule has 0 aliphatic carbocycles. The number of halogens is 3. The van der Waals surface area contributed by atoms with Gasteiger partial charge in [-0.3, -0.25) is 0 Å². The molecule has 1 aromatic rings. The number of nitrogens with zero attached hydrogens (tertiary/aromatic N) is 1. The summed E-state index contributed by atoms with van der Waals surface area (Å²) in [7, 11) is 0. The highest BCUT2D eigenvalue weighted by Gasteiger charge is 2.18. The zero-order chi connectivity index (χ0) is 13.7. The number of benzene rings is 1. The lowest BCUT2D eigenvalue weighted by atomic mass is 10.1. The van der Waals surface area contributed by atoms with Crippen LogP contribution in [0.4, 0.5) is 8.78 Å². The molecule has 0 bridgehead atoms. The van der Waals surface area contributed by atoms with Crippen molar-refractivity contribution in [3.05, 3.63) is 27.7 Å². The summed E-state index contributed by atoms with van der Waals surface area (Å²) in [5.74, 6) is -0.992. The summed E-state index contributed by atoms with van der Waals surface area (Å²) in [5, 5.41) is 8.84. The topological polar surface area (TPSA) is 59.3 Å². The average molecular weight is 320 g/mol. The fraction of sp³-hybridized carbons (Fsp3) is 0.273. The number of alkyl halides is 2. The molecule has 0 amide bonds. The van der Waals surface area contributed by atoms with E-state index in [2.05, 4.69) is 20.7 Å². The van der Waals surface area contributed by atoms with Crippen LogP contribution in [-0.2, 0) is 4.74 Å². The van der Waals surface area contributed by atoms with Crippen molar-refractivity contribution in [2.24, 2.45) is 0 Å². The van der Waals surface area contributed by atoms with E-state index in [0.717, 1.165) is 12.1 Å². The molecule has 4 nitrogen and oxygen atoms in total. The van der Waals surface area contributed by atoms with Gasteiger partial charge in [-0.05, 0) is 35.0 Å². The van der Waals surface area contributed by atoms with Gasteiger partial charge in [-0.15, -0.1) is 0 Å². The van der Waals surface area contributed by atoms with E-state index >= 15 is 0 Å². The number of carbonyl (C=O) groups is 1. The van der Waals surface area contributed by atoms with Gasteiger partial charge in [0, 0.05) is 0 Å². The molecule has 0 atom stereocenters. The van der Waals surface area contributed by atoms with E-state index in [0.29, 0.717) is 0 Å². The summed E-state index contributed by atoms with van der Waals surface area (Å²) < 4.78 is 33.3. The van der Waals surface area contributed by atoms with E-state index in [9.17, 15) is 13.6 Å². The molecule has 0 fully saturated rings. The van der Waals surface area contributed by atoms with Gasteiger partial charge in [-0.2, -0.15) is 14.0 Å². The van der Waals surface area contributed by atoms with Crippen molar-refractivity contribution >= 4 is 21.9 Å². The molecular weight excluding hydrogens is 312 g/mol. The molecule has 96 valence electrons. The van der Waals surface area contributed by atoms with Crippen molar-refractivity contribution < 1.29 is 23.0 Å². The van der Waals surface area contributed by atoms with E-state index in [4.69, 9.17) is 10.00 Å². The number of esters is 1. The second-order valence-electron chi connectivity index (χ2n) is 3.04. The summed E-state index contributed by atoms with van der Waals surface area (Å²) >= 11 is 3.05. The Bertz CT molecular complexity index is 500. The quantitative estimate of drug-likeness (QED) is 0.800. The first-order valence-electron chi connectivity index (χ1n) is 4.85. The van der Waals surface area contributed by atoms with Gasteiger partial charge in [0.25, 0.3) is 0 Å². The summed E-state index contributed by atoms with van der Waals surface area (Å²) in [6.07, 6.45) is 0. The van der Waals surface area contributed by atoms with Crippen LogP contribution in [0, 0.1) is 11.3 Å². The van der Waals surface area contributed by atoms with Crippen LogP contribution < -0.4 is 4.74 Å². The second kappa shape index (κ2) is 6.31. The first-order chi connectivity index (χ1) is 8.49. The van der Waals surface area contributed by atoms with E-state index in [1.165, 1.54) is 0 Å². The van der Waals surface area contributed by atoms with Crippen LogP contribution in [0.5, 0.6) is 5.75 Å². The zero-order valence-electron chi connectivity index (χ0n) is 9.25.